The van der Waals surface area contributed by atoms with Crippen LogP contribution >= 0.6 is 11.6 Å². The van der Waals surface area contributed by atoms with Crippen molar-refractivity contribution in [3.63, 3.8) is 0 Å². The number of fused-ring (bicyclic) bond motifs is 1. The molecule has 0 spiro atoms. The Morgan fingerprint density at radius 1 is 1.58 bits per heavy atom. The molecule has 0 aromatic carbocycles. The van der Waals surface area contributed by atoms with Crippen molar-refractivity contribution in [3.05, 3.63) is 17.5 Å². The number of halogens is 1. The number of hydrogen-bond donors (Lipinski definition) is 2. The van der Waals surface area contributed by atoms with Crippen LogP contribution in [0.5, 0.6) is 0 Å². The Bertz CT molecular complexity index is 661. The zero-order chi connectivity index (χ0) is 13.8. The molecule has 0 aliphatic rings. The molecule has 0 bridgehead atoms. The second-order valence-corrected chi connectivity index (χ2v) is 4.09. The van der Waals surface area contributed by atoms with Crippen LogP contribution in [0.3, 0.4) is 0 Å². The van der Waals surface area contributed by atoms with Gasteiger partial charge >= 0.3 is 5.97 Å². The van der Waals surface area contributed by atoms with E-state index in [0.29, 0.717) is 29.8 Å². The lowest BCUT2D eigenvalue weighted by molar-refractivity contribution is -0.137. The van der Waals surface area contributed by atoms with Crippen LogP contribution < -0.4 is 5.32 Å². The van der Waals surface area contributed by atoms with Crippen molar-refractivity contribution in [1.82, 2.24) is 14.5 Å². The van der Waals surface area contributed by atoms with E-state index in [2.05, 4.69) is 15.3 Å². The van der Waals surface area contributed by atoms with Crippen LogP contribution in [0, 0.1) is 11.3 Å². The molecule has 98 valence electrons. The van der Waals surface area contributed by atoms with E-state index in [9.17, 15) is 4.79 Å². The molecule has 0 saturated carbocycles. The van der Waals surface area contributed by atoms with E-state index in [4.69, 9.17) is 22.0 Å². The zero-order valence-electron chi connectivity index (χ0n) is 9.80. The molecule has 0 unspecified atom stereocenters. The monoisotopic (exact) mass is 279 g/mol. The Kier molecular flexibility index (Phi) is 3.82. The third-order valence-electron chi connectivity index (χ3n) is 2.43. The van der Waals surface area contributed by atoms with Crippen molar-refractivity contribution in [1.29, 1.82) is 5.26 Å². The maximum Gasteiger partial charge on any atom is 0.323 e. The van der Waals surface area contributed by atoms with Crippen LogP contribution in [0.4, 0.5) is 5.82 Å². The third kappa shape index (κ3) is 2.92. The Morgan fingerprint density at radius 2 is 2.37 bits per heavy atom. The molecule has 0 amide bonds. The van der Waals surface area contributed by atoms with Gasteiger partial charge in [-0.25, -0.2) is 4.98 Å². The maximum atomic E-state index is 10.7. The Balaban J connectivity index is 2.39. The lowest BCUT2D eigenvalue weighted by Crippen LogP contribution is -2.09. The molecule has 0 atom stereocenters. The number of carboxylic acid groups (broad SMARTS) is 1. The van der Waals surface area contributed by atoms with Crippen molar-refractivity contribution in [2.24, 2.45) is 0 Å². The summed E-state index contributed by atoms with van der Waals surface area (Å²) in [5, 5.41) is 21.0. The number of nitrogens with one attached hydrogen (secondary N) is 1. The topological polar surface area (TPSA) is 104 Å². The van der Waals surface area contributed by atoms with Gasteiger partial charge in [-0.1, -0.05) is 0 Å². The number of carbonyl (C=O) groups is 1. The summed E-state index contributed by atoms with van der Waals surface area (Å²) in [7, 11) is 0. The van der Waals surface area contributed by atoms with Crippen LogP contribution in [-0.2, 0) is 11.3 Å². The molecule has 2 aromatic heterocycles. The van der Waals surface area contributed by atoms with Crippen molar-refractivity contribution in [3.8, 4) is 6.07 Å². The van der Waals surface area contributed by atoms with E-state index in [1.165, 1.54) is 4.57 Å². The molecule has 0 aliphatic carbocycles. The molecule has 7 nitrogen and oxygen atoms in total. The number of aliphatic carboxylic acids is 1. The van der Waals surface area contributed by atoms with Gasteiger partial charge in [-0.15, -0.1) is 0 Å². The van der Waals surface area contributed by atoms with Gasteiger partial charge in [0.25, 0.3) is 0 Å². The molecule has 2 N–H and O–H groups in total. The Morgan fingerprint density at radius 3 is 3.05 bits per heavy atom. The highest BCUT2D eigenvalue weighted by Crippen LogP contribution is 2.23. The fourth-order valence-electron chi connectivity index (χ4n) is 1.68. The van der Waals surface area contributed by atoms with Crippen LogP contribution in [0.15, 0.2) is 12.3 Å². The van der Waals surface area contributed by atoms with Crippen molar-refractivity contribution < 1.29 is 9.90 Å². The highest BCUT2D eigenvalue weighted by molar-refractivity contribution is 6.28. The first-order valence-electron chi connectivity index (χ1n) is 5.47. The first kappa shape index (κ1) is 13.1. The summed E-state index contributed by atoms with van der Waals surface area (Å²) in [6.45, 7) is 0.234. The van der Waals surface area contributed by atoms with Gasteiger partial charge in [0, 0.05) is 12.7 Å². The highest BCUT2D eigenvalue weighted by atomic mass is 35.5. The quantitative estimate of drug-likeness (QED) is 0.635. The smallest absolute Gasteiger partial charge is 0.323 e. The van der Waals surface area contributed by atoms with E-state index in [0.717, 1.165) is 0 Å². The zero-order valence-corrected chi connectivity index (χ0v) is 10.6. The van der Waals surface area contributed by atoms with Crippen LogP contribution in [0.25, 0.3) is 11.0 Å². The summed E-state index contributed by atoms with van der Waals surface area (Å²) in [6.07, 6.45) is 1.94. The van der Waals surface area contributed by atoms with E-state index < -0.39 is 5.97 Å². The number of aromatic nitrogens is 3. The summed E-state index contributed by atoms with van der Waals surface area (Å²) < 4.78 is 1.47. The maximum absolute atomic E-state index is 10.7. The fraction of sp³-hybridized carbons (Fsp3) is 0.273. The third-order valence-corrected chi connectivity index (χ3v) is 2.60. The molecular weight excluding hydrogens is 270 g/mol. The van der Waals surface area contributed by atoms with E-state index in [1.54, 1.807) is 12.3 Å². The van der Waals surface area contributed by atoms with Gasteiger partial charge in [0.2, 0.25) is 5.28 Å². The Labute approximate surface area is 113 Å². The number of carboxylic acids is 1. The summed E-state index contributed by atoms with van der Waals surface area (Å²) in [4.78, 5) is 18.8. The molecule has 8 heteroatoms. The highest BCUT2D eigenvalue weighted by Gasteiger charge is 2.12. The molecule has 2 heterocycles. The van der Waals surface area contributed by atoms with E-state index in [-0.39, 0.29) is 11.8 Å². The summed E-state index contributed by atoms with van der Waals surface area (Å²) >= 11 is 5.81. The van der Waals surface area contributed by atoms with Gasteiger partial charge in [-0.3, -0.25) is 4.79 Å². The minimum Gasteiger partial charge on any atom is -0.480 e. The molecule has 0 aliphatic heterocycles. The number of nitriles is 1. The van der Waals surface area contributed by atoms with Crippen molar-refractivity contribution in [2.45, 2.75) is 13.0 Å². The molecule has 2 aromatic rings. The average molecular weight is 280 g/mol. The van der Waals surface area contributed by atoms with Crippen LogP contribution in [0.1, 0.15) is 6.42 Å². The van der Waals surface area contributed by atoms with Gasteiger partial charge in [-0.05, 0) is 17.7 Å². The normalized spacial score (nSPS) is 10.3. The predicted molar refractivity (Wildman–Crippen MR) is 68.9 cm³/mol. The Hall–Kier alpha value is -2.33. The number of rotatable bonds is 5. The van der Waals surface area contributed by atoms with Gasteiger partial charge < -0.3 is 15.0 Å². The summed E-state index contributed by atoms with van der Waals surface area (Å²) in [6, 6.07) is 3.72. The van der Waals surface area contributed by atoms with Gasteiger partial charge in [0.1, 0.15) is 18.0 Å². The molecule has 19 heavy (non-hydrogen) atoms. The van der Waals surface area contributed by atoms with E-state index in [1.807, 2.05) is 6.07 Å². The molecule has 0 saturated heterocycles. The SMILES string of the molecule is N#CCCNc1nc(Cl)nc2c1ccn2CC(=O)O. The van der Waals surface area contributed by atoms with Crippen LogP contribution in [-0.4, -0.2) is 32.2 Å². The van der Waals surface area contributed by atoms with Gasteiger partial charge in [0.15, 0.2) is 0 Å². The van der Waals surface area contributed by atoms with E-state index >= 15 is 0 Å². The molecule has 2 rings (SSSR count). The standard InChI is InChI=1S/C11H10ClN5O2/c12-11-15-9(14-4-1-3-13)7-2-5-17(6-8(18)19)10(7)16-11/h2,5H,1,4,6H2,(H,18,19)(H,14,15,16). The largest absolute Gasteiger partial charge is 0.480 e. The minimum atomic E-state index is -0.966. The predicted octanol–water partition coefficient (Wildman–Crippen LogP) is 1.49. The first-order valence-corrected chi connectivity index (χ1v) is 5.84. The van der Waals surface area contributed by atoms with Gasteiger partial charge in [0.05, 0.1) is 17.9 Å². The second-order valence-electron chi connectivity index (χ2n) is 3.75. The average Bonchev–Trinajstić information content (AvgIpc) is 2.72. The lowest BCUT2D eigenvalue weighted by atomic mass is 10.3. The lowest BCUT2D eigenvalue weighted by Gasteiger charge is -2.06. The summed E-state index contributed by atoms with van der Waals surface area (Å²) in [5.74, 6) is -0.472. The van der Waals surface area contributed by atoms with Crippen molar-refractivity contribution in [2.75, 3.05) is 11.9 Å². The number of anilines is 1. The summed E-state index contributed by atoms with van der Waals surface area (Å²) in [5.41, 5.74) is 0.446. The fourth-order valence-corrected chi connectivity index (χ4v) is 1.85. The number of hydrogen-bond acceptors (Lipinski definition) is 5. The molecule has 0 radical (unpaired) electrons. The number of nitrogens with zero attached hydrogens (tertiary/aromatic N) is 4. The van der Waals surface area contributed by atoms with Gasteiger partial charge in [-0.2, -0.15) is 10.2 Å². The van der Waals surface area contributed by atoms with Crippen molar-refractivity contribution >= 4 is 34.4 Å². The minimum absolute atomic E-state index is 0.0253. The molecule has 0 fully saturated rings. The first-order chi connectivity index (χ1) is 9.11. The molecular formula is C11H10ClN5O2. The second kappa shape index (κ2) is 5.54. The van der Waals surface area contributed by atoms with Crippen LogP contribution in [0.2, 0.25) is 5.28 Å².